The summed E-state index contributed by atoms with van der Waals surface area (Å²) in [4.78, 5) is 3.97. The largest absolute Gasteiger partial charge is 0.386 e. The van der Waals surface area contributed by atoms with Crippen LogP contribution in [0.25, 0.3) is 10.9 Å². The van der Waals surface area contributed by atoms with E-state index in [1.165, 1.54) is 6.07 Å². The molecule has 0 fully saturated rings. The van der Waals surface area contributed by atoms with E-state index in [0.717, 1.165) is 0 Å². The summed E-state index contributed by atoms with van der Waals surface area (Å²) in [5, 5.41) is 7.16. The van der Waals surface area contributed by atoms with Gasteiger partial charge in [0.1, 0.15) is 11.7 Å². The van der Waals surface area contributed by atoms with Crippen molar-refractivity contribution in [3.8, 4) is 0 Å². The maximum atomic E-state index is 13.7. The molecule has 0 atom stereocenters. The van der Waals surface area contributed by atoms with Crippen molar-refractivity contribution < 1.29 is 4.39 Å². The summed E-state index contributed by atoms with van der Waals surface area (Å²) in [6.07, 6.45) is 0. The smallest absolute Gasteiger partial charge is 0.136 e. The lowest BCUT2D eigenvalue weighted by atomic mass is 10.2. The van der Waals surface area contributed by atoms with Crippen molar-refractivity contribution in [1.29, 1.82) is 0 Å². The molecule has 1 heterocycles. The van der Waals surface area contributed by atoms with Gasteiger partial charge in [-0.1, -0.05) is 0 Å². The number of benzene rings is 1. The second-order valence-corrected chi connectivity index (χ2v) is 3.67. The Morgan fingerprint density at radius 3 is 3.06 bits per heavy atom. The summed E-state index contributed by atoms with van der Waals surface area (Å²) >= 11 is 5.49. The zero-order valence-electron chi connectivity index (χ0n) is 8.59. The normalized spacial score (nSPS) is 12.3. The van der Waals surface area contributed by atoms with Gasteiger partial charge < -0.3 is 5.73 Å². The number of rotatable bonds is 2. The standard InChI is InChI=1S/C10H10ClFN4/c1-5-10-7(12)2-6(14-9(13)4-11)3-8(10)16-15-5/h2-3H,4H2,1H3,(H2,13,14)(H,15,16). The lowest BCUT2D eigenvalue weighted by molar-refractivity contribution is 0.639. The lowest BCUT2D eigenvalue weighted by Crippen LogP contribution is -2.12. The molecule has 2 aromatic rings. The van der Waals surface area contributed by atoms with Crippen LogP contribution in [-0.4, -0.2) is 21.9 Å². The number of hydrogen-bond donors (Lipinski definition) is 2. The first kappa shape index (κ1) is 10.9. The van der Waals surface area contributed by atoms with Gasteiger partial charge in [0.05, 0.1) is 22.5 Å². The molecular weight excluding hydrogens is 231 g/mol. The number of fused-ring (bicyclic) bond motifs is 1. The predicted molar refractivity (Wildman–Crippen MR) is 62.8 cm³/mol. The molecule has 0 bridgehead atoms. The zero-order chi connectivity index (χ0) is 11.7. The number of nitrogens with one attached hydrogen (secondary N) is 1. The third-order valence-corrected chi connectivity index (χ3v) is 2.46. The van der Waals surface area contributed by atoms with Crippen molar-refractivity contribution in [2.75, 3.05) is 5.88 Å². The number of nitrogens with two attached hydrogens (primary N) is 1. The quantitative estimate of drug-likeness (QED) is 0.480. The van der Waals surface area contributed by atoms with E-state index in [1.54, 1.807) is 13.0 Å². The Labute approximate surface area is 96.3 Å². The Bertz CT molecular complexity index is 561. The maximum absolute atomic E-state index is 13.7. The van der Waals surface area contributed by atoms with Gasteiger partial charge in [-0.15, -0.1) is 11.6 Å². The van der Waals surface area contributed by atoms with Crippen LogP contribution in [0.4, 0.5) is 10.1 Å². The van der Waals surface area contributed by atoms with Crippen molar-refractivity contribution in [2.24, 2.45) is 10.7 Å². The molecule has 6 heteroatoms. The molecule has 0 aliphatic heterocycles. The van der Waals surface area contributed by atoms with Crippen LogP contribution < -0.4 is 5.73 Å². The van der Waals surface area contributed by atoms with Crippen molar-refractivity contribution in [1.82, 2.24) is 10.2 Å². The minimum atomic E-state index is -0.370. The van der Waals surface area contributed by atoms with E-state index in [2.05, 4.69) is 15.2 Å². The van der Waals surface area contributed by atoms with Crippen molar-refractivity contribution in [3.05, 3.63) is 23.6 Å². The predicted octanol–water partition coefficient (Wildman–Crippen LogP) is 2.24. The first-order valence-corrected chi connectivity index (χ1v) is 5.18. The number of aromatic amines is 1. The van der Waals surface area contributed by atoms with Crippen LogP contribution in [0.3, 0.4) is 0 Å². The van der Waals surface area contributed by atoms with E-state index in [-0.39, 0.29) is 17.5 Å². The Hall–Kier alpha value is -1.62. The fourth-order valence-corrected chi connectivity index (χ4v) is 1.56. The second kappa shape index (κ2) is 4.09. The fraction of sp³-hybridized carbons (Fsp3) is 0.200. The maximum Gasteiger partial charge on any atom is 0.136 e. The number of aromatic nitrogens is 2. The van der Waals surface area contributed by atoms with Gasteiger partial charge in [0, 0.05) is 11.8 Å². The molecule has 1 aromatic carbocycles. The summed E-state index contributed by atoms with van der Waals surface area (Å²) in [7, 11) is 0. The number of aryl methyl sites for hydroxylation is 1. The Balaban J connectivity index is 2.59. The van der Waals surface area contributed by atoms with E-state index in [0.29, 0.717) is 22.3 Å². The molecule has 3 N–H and O–H groups in total. The molecule has 0 spiro atoms. The second-order valence-electron chi connectivity index (χ2n) is 3.41. The molecule has 0 saturated carbocycles. The molecule has 4 nitrogen and oxygen atoms in total. The zero-order valence-corrected chi connectivity index (χ0v) is 9.35. The van der Waals surface area contributed by atoms with Gasteiger partial charge >= 0.3 is 0 Å². The SMILES string of the molecule is Cc1[nH]nc2cc(N=C(N)CCl)cc(F)c12. The lowest BCUT2D eigenvalue weighted by Gasteiger charge is -1.98. The van der Waals surface area contributed by atoms with Crippen LogP contribution in [0, 0.1) is 12.7 Å². The molecule has 0 aliphatic carbocycles. The average molecular weight is 241 g/mol. The Kier molecular flexibility index (Phi) is 2.78. The molecule has 0 aliphatic rings. The Morgan fingerprint density at radius 2 is 2.38 bits per heavy atom. The highest BCUT2D eigenvalue weighted by molar-refractivity contribution is 6.28. The number of nitrogens with zero attached hydrogens (tertiary/aromatic N) is 2. The first-order valence-electron chi connectivity index (χ1n) is 4.65. The van der Waals surface area contributed by atoms with E-state index in [4.69, 9.17) is 17.3 Å². The summed E-state index contributed by atoms with van der Waals surface area (Å²) in [5.41, 5.74) is 7.10. The first-order chi connectivity index (χ1) is 7.61. The highest BCUT2D eigenvalue weighted by Crippen LogP contribution is 2.25. The van der Waals surface area contributed by atoms with Gasteiger partial charge in [-0.2, -0.15) is 5.10 Å². The number of hydrogen-bond acceptors (Lipinski definition) is 2. The van der Waals surface area contributed by atoms with Crippen LogP contribution in [0.15, 0.2) is 17.1 Å². The van der Waals surface area contributed by atoms with Gasteiger partial charge in [0.25, 0.3) is 0 Å². The topological polar surface area (TPSA) is 67.1 Å². The molecule has 16 heavy (non-hydrogen) atoms. The summed E-state index contributed by atoms with van der Waals surface area (Å²) in [6.45, 7) is 1.76. The number of amidine groups is 1. The number of halogens is 2. The highest BCUT2D eigenvalue weighted by atomic mass is 35.5. The molecule has 84 valence electrons. The van der Waals surface area contributed by atoms with E-state index in [9.17, 15) is 4.39 Å². The van der Waals surface area contributed by atoms with E-state index < -0.39 is 0 Å². The fourth-order valence-electron chi connectivity index (χ4n) is 1.50. The summed E-state index contributed by atoms with van der Waals surface area (Å²) in [5.74, 6) is -0.0169. The third kappa shape index (κ3) is 1.86. The number of aliphatic imine (C=N–C) groups is 1. The third-order valence-electron chi connectivity index (χ3n) is 2.18. The summed E-state index contributed by atoms with van der Waals surface area (Å²) in [6, 6.07) is 2.96. The average Bonchev–Trinajstić information content (AvgIpc) is 2.60. The Morgan fingerprint density at radius 1 is 1.62 bits per heavy atom. The van der Waals surface area contributed by atoms with Gasteiger partial charge in [-0.3, -0.25) is 5.10 Å². The van der Waals surface area contributed by atoms with Crippen LogP contribution in [0.1, 0.15) is 5.69 Å². The van der Waals surface area contributed by atoms with Gasteiger partial charge in [0.15, 0.2) is 0 Å². The molecular formula is C10H10ClFN4. The number of H-pyrrole nitrogens is 1. The molecule has 1 aromatic heterocycles. The van der Waals surface area contributed by atoms with Crippen LogP contribution in [0.2, 0.25) is 0 Å². The molecule has 0 amide bonds. The van der Waals surface area contributed by atoms with Crippen molar-refractivity contribution in [3.63, 3.8) is 0 Å². The van der Waals surface area contributed by atoms with Gasteiger partial charge in [-0.25, -0.2) is 9.38 Å². The molecule has 0 radical (unpaired) electrons. The van der Waals surface area contributed by atoms with Crippen LogP contribution >= 0.6 is 11.6 Å². The monoisotopic (exact) mass is 240 g/mol. The van der Waals surface area contributed by atoms with Crippen LogP contribution in [-0.2, 0) is 0 Å². The van der Waals surface area contributed by atoms with Gasteiger partial charge in [-0.05, 0) is 13.0 Å². The minimum absolute atomic E-state index is 0.110. The molecule has 2 rings (SSSR count). The summed E-state index contributed by atoms with van der Waals surface area (Å²) < 4.78 is 13.7. The minimum Gasteiger partial charge on any atom is -0.386 e. The van der Waals surface area contributed by atoms with E-state index in [1.807, 2.05) is 0 Å². The van der Waals surface area contributed by atoms with Crippen molar-refractivity contribution >= 4 is 34.0 Å². The van der Waals surface area contributed by atoms with Gasteiger partial charge in [0.2, 0.25) is 0 Å². The number of alkyl halides is 1. The van der Waals surface area contributed by atoms with Crippen LogP contribution in [0.5, 0.6) is 0 Å². The van der Waals surface area contributed by atoms with E-state index >= 15 is 0 Å². The molecule has 0 unspecified atom stereocenters. The highest BCUT2D eigenvalue weighted by Gasteiger charge is 2.09. The van der Waals surface area contributed by atoms with Crippen molar-refractivity contribution in [2.45, 2.75) is 6.92 Å². The molecule has 0 saturated heterocycles.